The Balaban J connectivity index is 2.05. The van der Waals surface area contributed by atoms with Crippen LogP contribution in [0.25, 0.3) is 0 Å². The Hall–Kier alpha value is -1.59. The molecule has 0 radical (unpaired) electrons. The third-order valence-electron chi connectivity index (χ3n) is 4.47. The zero-order chi connectivity index (χ0) is 17.0. The molecule has 1 aliphatic carbocycles. The number of carbonyl (C=O) groups excluding carboxylic acids is 1. The van der Waals surface area contributed by atoms with Crippen molar-refractivity contribution < 1.29 is 19.4 Å². The molecule has 1 fully saturated rings. The summed E-state index contributed by atoms with van der Waals surface area (Å²) >= 11 is 6.14. The van der Waals surface area contributed by atoms with E-state index in [1.165, 1.54) is 0 Å². The molecule has 5 nitrogen and oxygen atoms in total. The Morgan fingerprint density at radius 2 is 2.04 bits per heavy atom. The second kappa shape index (κ2) is 7.32. The molecule has 0 saturated heterocycles. The van der Waals surface area contributed by atoms with Crippen LogP contribution in [-0.2, 0) is 20.7 Å². The molecule has 0 aliphatic heterocycles. The molecule has 1 aliphatic rings. The van der Waals surface area contributed by atoms with Crippen molar-refractivity contribution >= 4 is 23.5 Å². The van der Waals surface area contributed by atoms with Gasteiger partial charge in [-0.2, -0.15) is 0 Å². The molecule has 6 heteroatoms. The summed E-state index contributed by atoms with van der Waals surface area (Å²) in [6, 6.07) is 5.47. The first-order valence-electron chi connectivity index (χ1n) is 7.68. The smallest absolute Gasteiger partial charge is 0.329 e. The van der Waals surface area contributed by atoms with E-state index in [-0.39, 0.29) is 18.4 Å². The number of amides is 1. The van der Waals surface area contributed by atoms with E-state index in [2.05, 4.69) is 5.32 Å². The molecular weight excluding hydrogens is 318 g/mol. The monoisotopic (exact) mass is 339 g/mol. The van der Waals surface area contributed by atoms with Gasteiger partial charge in [-0.25, -0.2) is 4.79 Å². The summed E-state index contributed by atoms with van der Waals surface area (Å²) in [5, 5.41) is 12.8. The lowest BCUT2D eigenvalue weighted by Crippen LogP contribution is -2.57. The zero-order valence-electron chi connectivity index (χ0n) is 13.4. The molecule has 1 aromatic rings. The minimum absolute atomic E-state index is 0.0610. The Morgan fingerprint density at radius 3 is 2.57 bits per heavy atom. The van der Waals surface area contributed by atoms with E-state index in [9.17, 15) is 14.7 Å². The molecule has 1 saturated carbocycles. The van der Waals surface area contributed by atoms with Crippen molar-refractivity contribution in [3.05, 3.63) is 34.3 Å². The number of hydrogen-bond acceptors (Lipinski definition) is 3. The summed E-state index contributed by atoms with van der Waals surface area (Å²) in [5.74, 6) is -1.32. The van der Waals surface area contributed by atoms with Gasteiger partial charge in [0.15, 0.2) is 0 Å². The zero-order valence-corrected chi connectivity index (χ0v) is 14.2. The normalized spacial score (nSPS) is 24.2. The molecule has 23 heavy (non-hydrogen) atoms. The summed E-state index contributed by atoms with van der Waals surface area (Å²) in [7, 11) is 1.62. The van der Waals surface area contributed by atoms with Crippen LogP contribution in [0.15, 0.2) is 18.2 Å². The summed E-state index contributed by atoms with van der Waals surface area (Å²) < 4.78 is 5.27. The van der Waals surface area contributed by atoms with Crippen LogP contribution < -0.4 is 5.32 Å². The molecular formula is C17H22ClNO4. The van der Waals surface area contributed by atoms with E-state index in [0.717, 1.165) is 5.56 Å². The molecule has 1 amide bonds. The third-order valence-corrected chi connectivity index (χ3v) is 4.82. The number of rotatable bonds is 5. The van der Waals surface area contributed by atoms with Gasteiger partial charge in [0.1, 0.15) is 5.54 Å². The molecule has 0 aromatic heterocycles. The number of hydrogen-bond donors (Lipinski definition) is 2. The highest BCUT2D eigenvalue weighted by atomic mass is 35.5. The maximum Gasteiger partial charge on any atom is 0.329 e. The van der Waals surface area contributed by atoms with Crippen LogP contribution in [0, 0.1) is 6.92 Å². The van der Waals surface area contributed by atoms with E-state index in [1.54, 1.807) is 19.2 Å². The lowest BCUT2D eigenvalue weighted by atomic mass is 9.80. The topological polar surface area (TPSA) is 75.6 Å². The third kappa shape index (κ3) is 4.24. The number of carbonyl (C=O) groups is 2. The highest BCUT2D eigenvalue weighted by Crippen LogP contribution is 2.30. The van der Waals surface area contributed by atoms with Crippen LogP contribution in [0.4, 0.5) is 0 Å². The molecule has 0 heterocycles. The van der Waals surface area contributed by atoms with Crippen molar-refractivity contribution in [1.82, 2.24) is 5.32 Å². The van der Waals surface area contributed by atoms with Crippen molar-refractivity contribution in [1.29, 1.82) is 0 Å². The second-order valence-electron chi connectivity index (χ2n) is 6.14. The van der Waals surface area contributed by atoms with E-state index in [0.29, 0.717) is 36.3 Å². The van der Waals surface area contributed by atoms with Crippen LogP contribution in [0.5, 0.6) is 0 Å². The van der Waals surface area contributed by atoms with E-state index in [4.69, 9.17) is 16.3 Å². The quantitative estimate of drug-likeness (QED) is 0.864. The van der Waals surface area contributed by atoms with Gasteiger partial charge in [-0.1, -0.05) is 23.7 Å². The van der Waals surface area contributed by atoms with Crippen LogP contribution in [0.3, 0.4) is 0 Å². The number of benzene rings is 1. The number of methoxy groups -OCH3 is 1. The van der Waals surface area contributed by atoms with Gasteiger partial charge >= 0.3 is 5.97 Å². The molecule has 0 unspecified atom stereocenters. The number of carboxylic acids is 1. The highest BCUT2D eigenvalue weighted by molar-refractivity contribution is 6.31. The SMILES string of the molecule is COC1CCC(NC(=O)Cc2ccc(C)cc2Cl)(C(=O)O)CC1. The number of aliphatic carboxylic acids is 1. The maximum absolute atomic E-state index is 12.3. The highest BCUT2D eigenvalue weighted by Gasteiger charge is 2.43. The number of carboxylic acid groups (broad SMARTS) is 1. The molecule has 0 atom stereocenters. The van der Waals surface area contributed by atoms with Crippen molar-refractivity contribution in [2.24, 2.45) is 0 Å². The first-order valence-corrected chi connectivity index (χ1v) is 8.06. The minimum atomic E-state index is -1.21. The van der Waals surface area contributed by atoms with Crippen molar-refractivity contribution in [3.8, 4) is 0 Å². The van der Waals surface area contributed by atoms with Gasteiger partial charge in [-0.05, 0) is 49.8 Å². The van der Waals surface area contributed by atoms with Gasteiger partial charge in [-0.3, -0.25) is 4.79 Å². The number of nitrogens with one attached hydrogen (secondary N) is 1. The molecule has 2 rings (SSSR count). The molecule has 0 bridgehead atoms. The van der Waals surface area contributed by atoms with Gasteiger partial charge in [0.2, 0.25) is 5.91 Å². The average Bonchev–Trinajstić information content (AvgIpc) is 2.50. The van der Waals surface area contributed by atoms with Crippen LogP contribution in [0.1, 0.15) is 36.8 Å². The number of aryl methyl sites for hydroxylation is 1. The van der Waals surface area contributed by atoms with Crippen molar-refractivity contribution in [2.45, 2.75) is 50.7 Å². The largest absolute Gasteiger partial charge is 0.480 e. The second-order valence-corrected chi connectivity index (χ2v) is 6.55. The van der Waals surface area contributed by atoms with Gasteiger partial charge in [0.25, 0.3) is 0 Å². The van der Waals surface area contributed by atoms with Crippen LogP contribution in [0.2, 0.25) is 5.02 Å². The molecule has 126 valence electrons. The molecule has 1 aromatic carbocycles. The fraction of sp³-hybridized carbons (Fsp3) is 0.529. The Bertz CT molecular complexity index is 594. The van der Waals surface area contributed by atoms with Gasteiger partial charge in [-0.15, -0.1) is 0 Å². The van der Waals surface area contributed by atoms with E-state index >= 15 is 0 Å². The summed E-state index contributed by atoms with van der Waals surface area (Å²) in [6.07, 6.45) is 2.11. The minimum Gasteiger partial charge on any atom is -0.480 e. The van der Waals surface area contributed by atoms with Gasteiger partial charge in [0.05, 0.1) is 12.5 Å². The van der Waals surface area contributed by atoms with E-state index in [1.807, 2.05) is 13.0 Å². The standard InChI is InChI=1S/C17H22ClNO4/c1-11-3-4-12(14(18)9-11)10-15(20)19-17(16(21)22)7-5-13(23-2)6-8-17/h3-4,9,13H,5-8,10H2,1-2H3,(H,19,20)(H,21,22). The molecule has 2 N–H and O–H groups in total. The number of halogens is 1. The lowest BCUT2D eigenvalue weighted by molar-refractivity contribution is -0.150. The Morgan fingerprint density at radius 1 is 1.39 bits per heavy atom. The maximum atomic E-state index is 12.3. The van der Waals surface area contributed by atoms with Gasteiger partial charge < -0.3 is 15.2 Å². The Labute approximate surface area is 141 Å². The fourth-order valence-corrected chi connectivity index (χ4v) is 3.29. The summed E-state index contributed by atoms with van der Waals surface area (Å²) in [6.45, 7) is 1.92. The predicted molar refractivity (Wildman–Crippen MR) is 87.7 cm³/mol. The first-order chi connectivity index (χ1) is 10.9. The molecule has 0 spiro atoms. The van der Waals surface area contributed by atoms with E-state index < -0.39 is 11.5 Å². The van der Waals surface area contributed by atoms with Crippen LogP contribution in [-0.4, -0.2) is 35.7 Å². The van der Waals surface area contributed by atoms with Crippen molar-refractivity contribution in [3.63, 3.8) is 0 Å². The summed E-state index contributed by atoms with van der Waals surface area (Å²) in [4.78, 5) is 24.0. The van der Waals surface area contributed by atoms with Gasteiger partial charge in [0, 0.05) is 12.1 Å². The van der Waals surface area contributed by atoms with Crippen molar-refractivity contribution in [2.75, 3.05) is 7.11 Å². The van der Waals surface area contributed by atoms with Crippen LogP contribution >= 0.6 is 11.6 Å². The first kappa shape index (κ1) is 17.8. The average molecular weight is 340 g/mol. The lowest BCUT2D eigenvalue weighted by Gasteiger charge is -2.37. The summed E-state index contributed by atoms with van der Waals surface area (Å²) in [5.41, 5.74) is 0.503. The predicted octanol–water partition coefficient (Wildman–Crippen LogP) is 2.72. The Kier molecular flexibility index (Phi) is 5.65. The fourth-order valence-electron chi connectivity index (χ4n) is 2.99. The number of ether oxygens (including phenoxy) is 1.